The van der Waals surface area contributed by atoms with Crippen LogP contribution in [0, 0.1) is 6.92 Å². The molecular formula is C24H37N3O2. The molecule has 0 saturated carbocycles. The van der Waals surface area contributed by atoms with Crippen molar-refractivity contribution in [3.63, 3.8) is 0 Å². The average molecular weight is 400 g/mol. The van der Waals surface area contributed by atoms with Crippen LogP contribution in [0.15, 0.2) is 24.3 Å². The number of amides is 1. The van der Waals surface area contributed by atoms with E-state index in [4.69, 9.17) is 4.74 Å². The minimum Gasteiger partial charge on any atom is -0.375 e. The van der Waals surface area contributed by atoms with Crippen LogP contribution in [0.1, 0.15) is 55.5 Å². The molecule has 0 radical (unpaired) electrons. The number of carbonyl (C=O) groups excluding carboxylic acids is 1. The Morgan fingerprint density at radius 1 is 1.10 bits per heavy atom. The predicted octanol–water partition coefficient (Wildman–Crippen LogP) is 3.17. The van der Waals surface area contributed by atoms with Crippen LogP contribution < -0.4 is 0 Å². The fraction of sp³-hybridized carbons (Fsp3) is 0.708. The lowest BCUT2D eigenvalue weighted by atomic mass is 9.81. The van der Waals surface area contributed by atoms with Crippen LogP contribution >= 0.6 is 0 Å². The predicted molar refractivity (Wildman–Crippen MR) is 116 cm³/mol. The first kappa shape index (κ1) is 20.8. The van der Waals surface area contributed by atoms with Gasteiger partial charge in [-0.2, -0.15) is 0 Å². The van der Waals surface area contributed by atoms with Crippen molar-refractivity contribution >= 4 is 5.91 Å². The fourth-order valence-corrected chi connectivity index (χ4v) is 5.36. The molecule has 1 aromatic rings. The molecule has 1 unspecified atom stereocenters. The zero-order chi connectivity index (χ0) is 20.4. The summed E-state index contributed by atoms with van der Waals surface area (Å²) < 4.78 is 6.36. The number of nitrogens with zero attached hydrogens (tertiary/aromatic N) is 3. The molecule has 1 aromatic carbocycles. The topological polar surface area (TPSA) is 36.0 Å². The molecule has 0 bridgehead atoms. The van der Waals surface area contributed by atoms with E-state index in [1.165, 1.54) is 26.2 Å². The first-order valence-electron chi connectivity index (χ1n) is 11.4. The number of piperidine rings is 1. The minimum atomic E-state index is -0.0263. The van der Waals surface area contributed by atoms with Gasteiger partial charge in [-0.15, -0.1) is 0 Å². The summed E-state index contributed by atoms with van der Waals surface area (Å²) in [7, 11) is 0. The van der Waals surface area contributed by atoms with Crippen molar-refractivity contribution in [2.45, 2.75) is 64.1 Å². The number of piperazine rings is 1. The van der Waals surface area contributed by atoms with Crippen molar-refractivity contribution in [2.75, 3.05) is 45.9 Å². The number of carbonyl (C=O) groups is 1. The average Bonchev–Trinajstić information content (AvgIpc) is 2.74. The van der Waals surface area contributed by atoms with Crippen molar-refractivity contribution in [3.8, 4) is 0 Å². The highest BCUT2D eigenvalue weighted by molar-refractivity contribution is 5.94. The van der Waals surface area contributed by atoms with Crippen LogP contribution in [0.5, 0.6) is 0 Å². The Kier molecular flexibility index (Phi) is 6.28. The third kappa shape index (κ3) is 4.68. The van der Waals surface area contributed by atoms with Crippen molar-refractivity contribution in [3.05, 3.63) is 35.4 Å². The van der Waals surface area contributed by atoms with Gasteiger partial charge in [0.05, 0.1) is 5.60 Å². The van der Waals surface area contributed by atoms with E-state index in [9.17, 15) is 4.79 Å². The number of likely N-dealkylation sites (tertiary alicyclic amines) is 1. The molecule has 3 heterocycles. The van der Waals surface area contributed by atoms with E-state index in [2.05, 4.69) is 23.6 Å². The van der Waals surface area contributed by atoms with Crippen molar-refractivity contribution in [1.29, 1.82) is 0 Å². The zero-order valence-corrected chi connectivity index (χ0v) is 18.4. The smallest absolute Gasteiger partial charge is 0.253 e. The summed E-state index contributed by atoms with van der Waals surface area (Å²) in [5.41, 5.74) is 1.92. The van der Waals surface area contributed by atoms with Gasteiger partial charge in [-0.1, -0.05) is 17.7 Å². The van der Waals surface area contributed by atoms with E-state index >= 15 is 0 Å². The van der Waals surface area contributed by atoms with E-state index in [-0.39, 0.29) is 11.5 Å². The van der Waals surface area contributed by atoms with E-state index in [1.54, 1.807) is 0 Å². The van der Waals surface area contributed by atoms with Crippen molar-refractivity contribution < 1.29 is 9.53 Å². The quantitative estimate of drug-likeness (QED) is 0.782. The second-order valence-corrected chi connectivity index (χ2v) is 9.51. The van der Waals surface area contributed by atoms with Gasteiger partial charge in [-0.05, 0) is 58.6 Å². The van der Waals surface area contributed by atoms with E-state index in [0.29, 0.717) is 12.1 Å². The number of aryl methyl sites for hydroxylation is 1. The van der Waals surface area contributed by atoms with Crippen molar-refractivity contribution in [2.24, 2.45) is 0 Å². The molecule has 3 aliphatic rings. The molecule has 160 valence electrons. The van der Waals surface area contributed by atoms with Crippen LogP contribution in [-0.4, -0.2) is 84.2 Å². The molecule has 5 nitrogen and oxygen atoms in total. The Labute approximate surface area is 176 Å². The number of hydrogen-bond donors (Lipinski definition) is 0. The highest BCUT2D eigenvalue weighted by atomic mass is 16.5. The molecule has 1 spiro atoms. The maximum Gasteiger partial charge on any atom is 0.253 e. The van der Waals surface area contributed by atoms with Crippen LogP contribution in [0.3, 0.4) is 0 Å². The van der Waals surface area contributed by atoms with Gasteiger partial charge in [0.15, 0.2) is 0 Å². The first-order chi connectivity index (χ1) is 14.0. The lowest BCUT2D eigenvalue weighted by Gasteiger charge is -2.50. The molecule has 3 saturated heterocycles. The third-order valence-electron chi connectivity index (χ3n) is 7.29. The van der Waals surface area contributed by atoms with Gasteiger partial charge in [0.25, 0.3) is 5.91 Å². The molecule has 0 N–H and O–H groups in total. The molecule has 3 fully saturated rings. The molecule has 0 aromatic heterocycles. The van der Waals surface area contributed by atoms with Gasteiger partial charge in [0, 0.05) is 63.5 Å². The maximum atomic E-state index is 12.9. The van der Waals surface area contributed by atoms with Crippen LogP contribution in [0.2, 0.25) is 0 Å². The molecule has 29 heavy (non-hydrogen) atoms. The van der Waals surface area contributed by atoms with Gasteiger partial charge in [-0.3, -0.25) is 14.6 Å². The molecule has 1 amide bonds. The lowest BCUT2D eigenvalue weighted by Crippen LogP contribution is -2.58. The van der Waals surface area contributed by atoms with Gasteiger partial charge in [-0.25, -0.2) is 0 Å². The first-order valence-corrected chi connectivity index (χ1v) is 11.4. The Hall–Kier alpha value is -1.43. The Balaban J connectivity index is 1.33. The SMILES string of the molecule is Cc1cccc(C(=O)N2CCC3(CC2)CC(N2CCN(C(C)C)CC2)CCO3)c1. The fourth-order valence-electron chi connectivity index (χ4n) is 5.36. The second-order valence-electron chi connectivity index (χ2n) is 9.51. The Morgan fingerprint density at radius 2 is 1.83 bits per heavy atom. The van der Waals surface area contributed by atoms with Gasteiger partial charge >= 0.3 is 0 Å². The maximum absolute atomic E-state index is 12.9. The second kappa shape index (κ2) is 8.75. The summed E-state index contributed by atoms with van der Waals surface area (Å²) in [6, 6.07) is 9.23. The van der Waals surface area contributed by atoms with Gasteiger partial charge in [0.1, 0.15) is 0 Å². The summed E-state index contributed by atoms with van der Waals surface area (Å²) in [5.74, 6) is 0.167. The van der Waals surface area contributed by atoms with Crippen LogP contribution in [0.25, 0.3) is 0 Å². The van der Waals surface area contributed by atoms with E-state index < -0.39 is 0 Å². The normalized spacial score (nSPS) is 26.2. The van der Waals surface area contributed by atoms with E-state index in [1.807, 2.05) is 36.1 Å². The van der Waals surface area contributed by atoms with Crippen molar-refractivity contribution in [1.82, 2.24) is 14.7 Å². The Bertz CT molecular complexity index is 704. The molecule has 4 rings (SSSR count). The monoisotopic (exact) mass is 399 g/mol. The molecular weight excluding hydrogens is 362 g/mol. The molecule has 5 heteroatoms. The summed E-state index contributed by atoms with van der Waals surface area (Å²) in [6.07, 6.45) is 4.20. The highest BCUT2D eigenvalue weighted by Gasteiger charge is 2.43. The highest BCUT2D eigenvalue weighted by Crippen LogP contribution is 2.37. The summed E-state index contributed by atoms with van der Waals surface area (Å²) in [6.45, 7) is 13.8. The number of ether oxygens (including phenoxy) is 1. The molecule has 0 aliphatic carbocycles. The lowest BCUT2D eigenvalue weighted by molar-refractivity contribution is -0.132. The standard InChI is InChI=1S/C24H37N3O2/c1-19(2)25-12-14-26(15-13-25)22-7-16-29-24(18-22)8-10-27(11-9-24)23(28)21-6-4-5-20(3)17-21/h4-6,17,19,22H,7-16,18H2,1-3H3. The summed E-state index contributed by atoms with van der Waals surface area (Å²) in [5, 5.41) is 0. The summed E-state index contributed by atoms with van der Waals surface area (Å²) >= 11 is 0. The van der Waals surface area contributed by atoms with Crippen LogP contribution in [0.4, 0.5) is 0 Å². The zero-order valence-electron chi connectivity index (χ0n) is 18.4. The van der Waals surface area contributed by atoms with E-state index in [0.717, 1.165) is 56.5 Å². The summed E-state index contributed by atoms with van der Waals surface area (Å²) in [4.78, 5) is 20.2. The minimum absolute atomic E-state index is 0.0263. The Morgan fingerprint density at radius 3 is 2.48 bits per heavy atom. The number of benzene rings is 1. The third-order valence-corrected chi connectivity index (χ3v) is 7.29. The van der Waals surface area contributed by atoms with Gasteiger partial charge < -0.3 is 9.64 Å². The van der Waals surface area contributed by atoms with Crippen LogP contribution in [-0.2, 0) is 4.74 Å². The largest absolute Gasteiger partial charge is 0.375 e. The number of hydrogen-bond acceptors (Lipinski definition) is 4. The molecule has 1 atom stereocenters. The molecule has 3 aliphatic heterocycles. The van der Waals surface area contributed by atoms with Gasteiger partial charge in [0.2, 0.25) is 0 Å². The number of rotatable bonds is 3.